The predicted molar refractivity (Wildman–Crippen MR) is 153 cm³/mol. The molecule has 7 N–H and O–H groups in total. The van der Waals surface area contributed by atoms with Crippen LogP contribution in [0.4, 0.5) is 35.2 Å². The van der Waals surface area contributed by atoms with Gasteiger partial charge in [0.25, 0.3) is 0 Å². The van der Waals surface area contributed by atoms with Crippen LogP contribution in [-0.4, -0.2) is 44.0 Å². The van der Waals surface area contributed by atoms with E-state index in [4.69, 9.17) is 23.1 Å². The van der Waals surface area contributed by atoms with Crippen molar-refractivity contribution >= 4 is 64.3 Å². The summed E-state index contributed by atoms with van der Waals surface area (Å²) in [5, 5.41) is 7.13. The number of nitrogens with two attached hydrogens (primary N) is 2. The van der Waals surface area contributed by atoms with Gasteiger partial charge in [0, 0.05) is 17.1 Å². The number of urea groups is 1. The number of nitrogens with one attached hydrogen (secondary N) is 3. The van der Waals surface area contributed by atoms with Crippen molar-refractivity contribution in [1.82, 2.24) is 19.5 Å². The first-order valence-corrected chi connectivity index (χ1v) is 12.4. The van der Waals surface area contributed by atoms with Gasteiger partial charge in [-0.1, -0.05) is 18.0 Å². The Morgan fingerprint density at radius 3 is 2.34 bits per heavy atom. The number of benzene rings is 2. The number of unbranched alkanes of at least 4 members (excludes halogenated alkanes) is 1. The Labute approximate surface area is 243 Å². The molecule has 1 atom stereocenters. The van der Waals surface area contributed by atoms with Crippen molar-refractivity contribution in [2.45, 2.75) is 31.5 Å². The molecule has 4 aromatic rings. The smallest absolute Gasteiger partial charge is 0.330 e. The molecule has 0 spiro atoms. The van der Waals surface area contributed by atoms with E-state index in [0.717, 1.165) is 25.0 Å². The quantitative estimate of drug-likeness (QED) is 0.167. The zero-order valence-electron chi connectivity index (χ0n) is 21.3. The predicted octanol–water partition coefficient (Wildman–Crippen LogP) is 4.95. The van der Waals surface area contributed by atoms with E-state index >= 15 is 0 Å². The first-order valence-electron chi connectivity index (χ1n) is 12.1. The second kappa shape index (κ2) is 13.6. The van der Waals surface area contributed by atoms with Crippen molar-refractivity contribution in [3.63, 3.8) is 0 Å². The number of hydrogen-bond acceptors (Lipinski definition) is 7. The number of amides is 3. The minimum absolute atomic E-state index is 0. The first-order chi connectivity index (χ1) is 19.1. The van der Waals surface area contributed by atoms with Crippen LogP contribution in [0.1, 0.15) is 24.8 Å². The Bertz CT molecular complexity index is 1510. The summed E-state index contributed by atoms with van der Waals surface area (Å²) in [4.78, 5) is 37.5. The van der Waals surface area contributed by atoms with Crippen LogP contribution in [0.3, 0.4) is 0 Å². The Balaban J connectivity index is 0.00000462. The second-order valence-electron chi connectivity index (χ2n) is 8.71. The molecular formula is C25H26Cl2F3N9O2. The van der Waals surface area contributed by atoms with Crippen molar-refractivity contribution in [2.75, 3.05) is 22.5 Å². The highest BCUT2D eigenvalue weighted by Gasteiger charge is 2.33. The number of anilines is 3. The van der Waals surface area contributed by atoms with E-state index in [1.807, 2.05) is 0 Å². The third-order valence-corrected chi connectivity index (χ3v) is 6.14. The zero-order chi connectivity index (χ0) is 28.9. The van der Waals surface area contributed by atoms with E-state index in [0.29, 0.717) is 35.5 Å². The highest BCUT2D eigenvalue weighted by atomic mass is 35.5. The molecule has 0 unspecified atom stereocenters. The fourth-order valence-electron chi connectivity index (χ4n) is 3.78. The Hall–Kier alpha value is -3.98. The number of halogens is 5. The number of carbonyl (C=O) groups excluding carboxylic acids is 2. The molecule has 0 aliphatic rings. The molecule has 0 radical (unpaired) electrons. The summed E-state index contributed by atoms with van der Waals surface area (Å²) in [6, 6.07) is 8.14. The van der Waals surface area contributed by atoms with E-state index in [-0.39, 0.29) is 23.9 Å². The molecule has 11 nitrogen and oxygen atoms in total. The summed E-state index contributed by atoms with van der Waals surface area (Å²) in [6.07, 6.45) is 0.117. The average molecular weight is 612 g/mol. The van der Waals surface area contributed by atoms with Gasteiger partial charge in [0.15, 0.2) is 17.0 Å². The Kier molecular flexibility index (Phi) is 10.5. The zero-order valence-corrected chi connectivity index (χ0v) is 22.9. The molecule has 0 aliphatic heterocycles. The van der Waals surface area contributed by atoms with Gasteiger partial charge in [-0.25, -0.2) is 19.7 Å². The molecule has 0 bridgehead atoms. The largest absolute Gasteiger partial charge is 0.417 e. The van der Waals surface area contributed by atoms with E-state index in [1.165, 1.54) is 18.7 Å². The van der Waals surface area contributed by atoms with Gasteiger partial charge in [-0.3, -0.25) is 9.36 Å². The van der Waals surface area contributed by atoms with E-state index in [2.05, 4.69) is 30.9 Å². The molecule has 2 aromatic heterocycles. The standard InChI is InChI=1S/C25H25ClF3N9O2.ClH/c26-18-9-6-15(11-17(18)25(27,28)29)36-24(40)35-14-4-7-16(8-5-14)38-13-34-20-21(32-12-33-22(20)38)37-23(39)19(31)3-1-2-10-30;/h4-9,11-13,19H,1-3,10,30-31H2,(H2,35,36,40)(H,32,33,37,39);1H/t19-;/m0./s1. The molecule has 41 heavy (non-hydrogen) atoms. The summed E-state index contributed by atoms with van der Waals surface area (Å²) in [6.45, 7) is 0.526. The fourth-order valence-corrected chi connectivity index (χ4v) is 4.01. The van der Waals surface area contributed by atoms with Gasteiger partial charge in [-0.15, -0.1) is 12.4 Å². The van der Waals surface area contributed by atoms with Crippen LogP contribution in [0.5, 0.6) is 0 Å². The van der Waals surface area contributed by atoms with Crippen molar-refractivity contribution in [3.05, 3.63) is 65.7 Å². The molecule has 2 heterocycles. The van der Waals surface area contributed by atoms with Crippen molar-refractivity contribution in [2.24, 2.45) is 11.5 Å². The first kappa shape index (κ1) is 31.5. The van der Waals surface area contributed by atoms with Crippen molar-refractivity contribution in [1.29, 1.82) is 0 Å². The second-order valence-corrected chi connectivity index (χ2v) is 9.11. The van der Waals surface area contributed by atoms with Gasteiger partial charge in [0.2, 0.25) is 5.91 Å². The third kappa shape index (κ3) is 7.82. The molecule has 0 fully saturated rings. The normalized spacial score (nSPS) is 12.0. The molecule has 16 heteroatoms. The summed E-state index contributed by atoms with van der Waals surface area (Å²) in [5.41, 5.74) is 12.1. The summed E-state index contributed by atoms with van der Waals surface area (Å²) >= 11 is 5.62. The number of nitrogens with zero attached hydrogens (tertiary/aromatic N) is 4. The number of hydrogen-bond donors (Lipinski definition) is 5. The topological polar surface area (TPSA) is 166 Å². The number of alkyl halides is 3. The lowest BCUT2D eigenvalue weighted by Gasteiger charge is -2.13. The van der Waals surface area contributed by atoms with Crippen molar-refractivity contribution < 1.29 is 22.8 Å². The highest BCUT2D eigenvalue weighted by molar-refractivity contribution is 6.31. The van der Waals surface area contributed by atoms with Crippen LogP contribution in [0.15, 0.2) is 55.1 Å². The van der Waals surface area contributed by atoms with Crippen LogP contribution >= 0.6 is 24.0 Å². The molecular weight excluding hydrogens is 586 g/mol. The molecule has 218 valence electrons. The van der Waals surface area contributed by atoms with Gasteiger partial charge in [-0.05, 0) is 61.9 Å². The van der Waals surface area contributed by atoms with E-state index in [9.17, 15) is 22.8 Å². The van der Waals surface area contributed by atoms with Gasteiger partial charge >= 0.3 is 12.2 Å². The Morgan fingerprint density at radius 1 is 0.976 bits per heavy atom. The maximum absolute atomic E-state index is 13.1. The molecule has 0 saturated carbocycles. The molecule has 0 saturated heterocycles. The van der Waals surface area contributed by atoms with E-state index < -0.39 is 34.7 Å². The lowest BCUT2D eigenvalue weighted by molar-refractivity contribution is -0.137. The monoisotopic (exact) mass is 611 g/mol. The molecule has 0 aliphatic carbocycles. The van der Waals surface area contributed by atoms with E-state index in [1.54, 1.807) is 28.8 Å². The number of carbonyl (C=O) groups is 2. The van der Waals surface area contributed by atoms with Gasteiger partial charge in [-0.2, -0.15) is 13.2 Å². The summed E-state index contributed by atoms with van der Waals surface area (Å²) in [5.74, 6) is -0.178. The summed E-state index contributed by atoms with van der Waals surface area (Å²) < 4.78 is 40.9. The number of imidazole rings is 1. The molecule has 3 amide bonds. The Morgan fingerprint density at radius 2 is 1.66 bits per heavy atom. The fraction of sp³-hybridized carbons (Fsp3) is 0.240. The van der Waals surface area contributed by atoms with Crippen LogP contribution in [0, 0.1) is 0 Å². The van der Waals surface area contributed by atoms with Crippen LogP contribution in [0.2, 0.25) is 5.02 Å². The van der Waals surface area contributed by atoms with Crippen LogP contribution in [0.25, 0.3) is 16.9 Å². The summed E-state index contributed by atoms with van der Waals surface area (Å²) in [7, 11) is 0. The minimum atomic E-state index is -4.66. The van der Waals surface area contributed by atoms with Crippen molar-refractivity contribution in [3.8, 4) is 5.69 Å². The van der Waals surface area contributed by atoms with Gasteiger partial charge in [0.1, 0.15) is 12.7 Å². The molecule has 2 aromatic carbocycles. The van der Waals surface area contributed by atoms with Crippen LogP contribution < -0.4 is 27.4 Å². The minimum Gasteiger partial charge on any atom is -0.330 e. The highest BCUT2D eigenvalue weighted by Crippen LogP contribution is 2.36. The van der Waals surface area contributed by atoms with Crippen LogP contribution in [-0.2, 0) is 11.0 Å². The SMILES string of the molecule is Cl.NCCCC[C@H](N)C(=O)Nc1ncnc2c1ncn2-c1ccc(NC(=O)Nc2ccc(Cl)c(C(F)(F)F)c2)cc1. The van der Waals surface area contributed by atoms with Gasteiger partial charge in [0.05, 0.1) is 16.6 Å². The number of aromatic nitrogens is 4. The van der Waals surface area contributed by atoms with Gasteiger partial charge < -0.3 is 27.4 Å². The lowest BCUT2D eigenvalue weighted by atomic mass is 10.1. The molecule has 4 rings (SSSR count). The maximum Gasteiger partial charge on any atom is 0.417 e. The number of fused-ring (bicyclic) bond motifs is 1. The lowest BCUT2D eigenvalue weighted by Crippen LogP contribution is -2.35. The third-order valence-electron chi connectivity index (χ3n) is 5.81. The number of rotatable bonds is 9. The average Bonchev–Trinajstić information content (AvgIpc) is 3.35. The maximum atomic E-state index is 13.1.